The van der Waals surface area contributed by atoms with Crippen LogP contribution in [0, 0.1) is 17.6 Å². The Morgan fingerprint density at radius 2 is 1.77 bits per heavy atom. The molecule has 3 N–H and O–H groups in total. The molecule has 1 atom stereocenters. The first-order chi connectivity index (χ1) is 18.9. The molecule has 0 spiro atoms. The summed E-state index contributed by atoms with van der Waals surface area (Å²) in [5, 5.41) is 6.62. The minimum atomic E-state index is -0.665. The van der Waals surface area contributed by atoms with E-state index in [2.05, 4.69) is 25.3 Å². The fourth-order valence-corrected chi connectivity index (χ4v) is 6.13. The van der Waals surface area contributed by atoms with Crippen molar-refractivity contribution in [2.75, 3.05) is 55.2 Å². The van der Waals surface area contributed by atoms with Crippen LogP contribution >= 0.6 is 0 Å². The fraction of sp³-hybridized carbons (Fsp3) is 0.500. The number of hydrogen-bond acceptors (Lipinski definition) is 8. The van der Waals surface area contributed by atoms with Gasteiger partial charge in [-0.25, -0.2) is 18.3 Å². The highest BCUT2D eigenvalue weighted by Crippen LogP contribution is 2.34. The molecule has 3 aromatic heterocycles. The number of nitrogens with zero attached hydrogens (tertiary/aromatic N) is 7. The maximum absolute atomic E-state index is 15.1. The molecule has 206 valence electrons. The maximum atomic E-state index is 15.1. The Balaban J connectivity index is 1.13. The van der Waals surface area contributed by atoms with E-state index in [9.17, 15) is 14.0 Å². The van der Waals surface area contributed by atoms with E-state index in [-0.39, 0.29) is 40.2 Å². The SMILES string of the molecule is Nc1nn2cc(F)cnc2c1C(=O)Nc1cncc(F)c1N1CCC(C(=O)N2CC[C@H](N3CCCC3)C2)CC1. The maximum Gasteiger partial charge on any atom is 0.263 e. The number of likely N-dealkylation sites (tertiary alicyclic amines) is 2. The summed E-state index contributed by atoms with van der Waals surface area (Å²) in [6.45, 7) is 4.76. The van der Waals surface area contributed by atoms with Crippen molar-refractivity contribution in [1.82, 2.24) is 29.4 Å². The smallest absolute Gasteiger partial charge is 0.263 e. The molecule has 0 bridgehead atoms. The van der Waals surface area contributed by atoms with Gasteiger partial charge in [0.25, 0.3) is 5.91 Å². The van der Waals surface area contributed by atoms with Crippen molar-refractivity contribution < 1.29 is 18.4 Å². The van der Waals surface area contributed by atoms with Crippen molar-refractivity contribution in [2.24, 2.45) is 5.92 Å². The predicted octanol–water partition coefficient (Wildman–Crippen LogP) is 2.15. The third-order valence-electron chi connectivity index (χ3n) is 8.11. The largest absolute Gasteiger partial charge is 0.381 e. The molecule has 13 heteroatoms. The number of carbonyl (C=O) groups is 2. The van der Waals surface area contributed by atoms with Gasteiger partial charge in [0.1, 0.15) is 11.3 Å². The second kappa shape index (κ2) is 10.4. The van der Waals surface area contributed by atoms with Gasteiger partial charge in [-0.2, -0.15) is 0 Å². The first-order valence-electron chi connectivity index (χ1n) is 13.4. The number of pyridine rings is 1. The molecule has 2 amide bonds. The van der Waals surface area contributed by atoms with Gasteiger partial charge in [-0.05, 0) is 45.2 Å². The summed E-state index contributed by atoms with van der Waals surface area (Å²) in [6.07, 6.45) is 9.17. The van der Waals surface area contributed by atoms with Gasteiger partial charge in [0.2, 0.25) is 5.91 Å². The number of carbonyl (C=O) groups excluding carboxylic acids is 2. The zero-order chi connectivity index (χ0) is 27.1. The van der Waals surface area contributed by atoms with E-state index in [0.29, 0.717) is 32.0 Å². The fourth-order valence-electron chi connectivity index (χ4n) is 6.13. The van der Waals surface area contributed by atoms with Crippen molar-refractivity contribution in [1.29, 1.82) is 0 Å². The molecular formula is C26H31F2N9O2. The van der Waals surface area contributed by atoms with Crippen LogP contribution in [0.15, 0.2) is 24.8 Å². The second-order valence-corrected chi connectivity index (χ2v) is 10.5. The van der Waals surface area contributed by atoms with Gasteiger partial charge in [-0.1, -0.05) is 0 Å². The van der Waals surface area contributed by atoms with Crippen LogP contribution in [0.1, 0.15) is 42.5 Å². The van der Waals surface area contributed by atoms with E-state index in [1.807, 2.05) is 9.80 Å². The average molecular weight is 540 g/mol. The Morgan fingerprint density at radius 1 is 1.00 bits per heavy atom. The van der Waals surface area contributed by atoms with Gasteiger partial charge in [0.15, 0.2) is 23.1 Å². The van der Waals surface area contributed by atoms with Crippen LogP contribution in [0.3, 0.4) is 0 Å². The summed E-state index contributed by atoms with van der Waals surface area (Å²) in [4.78, 5) is 40.6. The lowest BCUT2D eigenvalue weighted by Gasteiger charge is -2.35. The Hall–Kier alpha value is -3.87. The third kappa shape index (κ3) is 4.86. The molecule has 0 unspecified atom stereocenters. The molecular weight excluding hydrogens is 508 g/mol. The first kappa shape index (κ1) is 25.4. The zero-order valence-corrected chi connectivity index (χ0v) is 21.5. The van der Waals surface area contributed by atoms with Gasteiger partial charge in [-0.15, -0.1) is 5.10 Å². The number of nitrogen functional groups attached to an aromatic ring is 1. The van der Waals surface area contributed by atoms with Gasteiger partial charge < -0.3 is 20.9 Å². The highest BCUT2D eigenvalue weighted by Gasteiger charge is 2.36. The monoisotopic (exact) mass is 539 g/mol. The van der Waals surface area contributed by atoms with E-state index < -0.39 is 17.5 Å². The molecule has 0 aromatic carbocycles. The lowest BCUT2D eigenvalue weighted by Crippen LogP contribution is -2.43. The lowest BCUT2D eigenvalue weighted by atomic mass is 9.95. The molecule has 11 nitrogen and oxygen atoms in total. The number of piperidine rings is 1. The Kier molecular flexibility index (Phi) is 6.75. The van der Waals surface area contributed by atoms with Crippen LogP contribution in [0.5, 0.6) is 0 Å². The third-order valence-corrected chi connectivity index (χ3v) is 8.11. The number of aromatic nitrogens is 4. The van der Waals surface area contributed by atoms with E-state index >= 15 is 4.39 Å². The van der Waals surface area contributed by atoms with Crippen LogP contribution in [-0.2, 0) is 4.79 Å². The minimum Gasteiger partial charge on any atom is -0.381 e. The molecule has 39 heavy (non-hydrogen) atoms. The number of fused-ring (bicyclic) bond motifs is 1. The molecule has 3 aliphatic rings. The second-order valence-electron chi connectivity index (χ2n) is 10.5. The quantitative estimate of drug-likeness (QED) is 0.506. The number of nitrogens with two attached hydrogens (primary N) is 1. The minimum absolute atomic E-state index is 0.0487. The Labute approximate surface area is 224 Å². The van der Waals surface area contributed by atoms with E-state index in [0.717, 1.165) is 55.7 Å². The average Bonchev–Trinajstić information content (AvgIpc) is 3.68. The summed E-state index contributed by atoms with van der Waals surface area (Å²) in [5.41, 5.74) is 6.31. The Morgan fingerprint density at radius 3 is 2.54 bits per heavy atom. The topological polar surface area (TPSA) is 125 Å². The summed E-state index contributed by atoms with van der Waals surface area (Å²) in [5.74, 6) is -1.93. The van der Waals surface area contributed by atoms with Crippen molar-refractivity contribution in [3.8, 4) is 0 Å². The van der Waals surface area contributed by atoms with Crippen molar-refractivity contribution in [2.45, 2.75) is 38.1 Å². The van der Waals surface area contributed by atoms with Crippen LogP contribution in [-0.4, -0.2) is 86.5 Å². The number of nitrogens with one attached hydrogen (secondary N) is 1. The Bertz CT molecular complexity index is 1400. The molecule has 0 radical (unpaired) electrons. The standard InChI is InChI=1S/C26H31F2N9O2/c27-17-11-31-24-21(23(29)33-37(24)14-17)25(38)32-20-13-30-12-19(28)22(20)35-8-3-16(4-9-35)26(39)36-10-5-18(15-36)34-6-1-2-7-34/h11-14,16,18H,1-10,15H2,(H2,29,33)(H,32,38)/t18-/m0/s1. The number of hydrogen-bond donors (Lipinski definition) is 2. The van der Waals surface area contributed by atoms with Gasteiger partial charge in [0.05, 0.1) is 30.5 Å². The summed E-state index contributed by atoms with van der Waals surface area (Å²) in [6, 6.07) is 0.463. The van der Waals surface area contributed by atoms with Gasteiger partial charge >= 0.3 is 0 Å². The molecule has 6 heterocycles. The van der Waals surface area contributed by atoms with E-state index in [1.165, 1.54) is 19.0 Å². The van der Waals surface area contributed by atoms with Crippen molar-refractivity contribution in [3.63, 3.8) is 0 Å². The molecule has 0 saturated carbocycles. The van der Waals surface area contributed by atoms with Crippen molar-refractivity contribution >= 4 is 34.7 Å². The molecule has 3 aromatic rings. The molecule has 6 rings (SSSR count). The lowest BCUT2D eigenvalue weighted by molar-refractivity contribution is -0.135. The first-order valence-corrected chi connectivity index (χ1v) is 13.4. The number of rotatable bonds is 5. The van der Waals surface area contributed by atoms with Crippen LogP contribution in [0.4, 0.5) is 26.0 Å². The van der Waals surface area contributed by atoms with E-state index in [4.69, 9.17) is 5.73 Å². The van der Waals surface area contributed by atoms with Crippen molar-refractivity contribution in [3.05, 3.63) is 42.0 Å². The molecule has 3 fully saturated rings. The molecule has 3 saturated heterocycles. The van der Waals surface area contributed by atoms with Crippen LogP contribution < -0.4 is 16.0 Å². The van der Waals surface area contributed by atoms with Crippen LogP contribution in [0.2, 0.25) is 0 Å². The van der Waals surface area contributed by atoms with Gasteiger partial charge in [0, 0.05) is 38.1 Å². The molecule has 3 aliphatic heterocycles. The number of halogens is 2. The zero-order valence-electron chi connectivity index (χ0n) is 21.5. The summed E-state index contributed by atoms with van der Waals surface area (Å²) in [7, 11) is 0. The highest BCUT2D eigenvalue weighted by molar-refractivity contribution is 6.12. The van der Waals surface area contributed by atoms with E-state index in [1.54, 1.807) is 0 Å². The summed E-state index contributed by atoms with van der Waals surface area (Å²) >= 11 is 0. The van der Waals surface area contributed by atoms with Gasteiger partial charge in [-0.3, -0.25) is 19.5 Å². The summed E-state index contributed by atoms with van der Waals surface area (Å²) < 4.78 is 29.7. The predicted molar refractivity (Wildman–Crippen MR) is 140 cm³/mol. The molecule has 0 aliphatic carbocycles. The highest BCUT2D eigenvalue weighted by atomic mass is 19.1. The normalized spacial score (nSPS) is 20.7. The number of amides is 2. The number of anilines is 3. The van der Waals surface area contributed by atoms with Crippen LogP contribution in [0.25, 0.3) is 5.65 Å².